The van der Waals surface area contributed by atoms with Gasteiger partial charge in [0.15, 0.2) is 0 Å². The molecule has 0 aliphatic carbocycles. The zero-order valence-corrected chi connectivity index (χ0v) is 13.9. The zero-order valence-electron chi connectivity index (χ0n) is 13.1. The fraction of sp³-hybridized carbons (Fsp3) is 0.0625. The van der Waals surface area contributed by atoms with Crippen molar-refractivity contribution in [3.05, 3.63) is 69.6 Å². The number of aromatic nitrogens is 3. The molecule has 1 aromatic carbocycles. The first-order chi connectivity index (χ1) is 12.0. The fourth-order valence-electron chi connectivity index (χ4n) is 2.15. The number of halogens is 1. The maximum atomic E-state index is 11.6. The second-order valence-electron chi connectivity index (χ2n) is 5.12. The molecule has 0 unspecified atom stereocenters. The lowest BCUT2D eigenvalue weighted by molar-refractivity contribution is -0.383. The van der Waals surface area contributed by atoms with Crippen molar-refractivity contribution in [1.82, 2.24) is 15.0 Å². The Morgan fingerprint density at radius 2 is 1.80 bits per heavy atom. The number of aryl methyl sites for hydroxylation is 1. The Bertz CT molecular complexity index is 934. The predicted octanol–water partition coefficient (Wildman–Crippen LogP) is 4.23. The summed E-state index contributed by atoms with van der Waals surface area (Å²) in [6.45, 7) is 1.89. The van der Waals surface area contributed by atoms with Gasteiger partial charge in [-0.15, -0.1) is 0 Å². The van der Waals surface area contributed by atoms with E-state index in [0.717, 1.165) is 5.56 Å². The van der Waals surface area contributed by atoms with Gasteiger partial charge in [0.2, 0.25) is 11.6 Å². The van der Waals surface area contributed by atoms with Gasteiger partial charge in [0, 0.05) is 6.20 Å². The van der Waals surface area contributed by atoms with Gasteiger partial charge in [-0.1, -0.05) is 23.7 Å². The number of nitrogens with one attached hydrogen (secondary N) is 2. The van der Waals surface area contributed by atoms with E-state index in [1.165, 1.54) is 6.33 Å². The van der Waals surface area contributed by atoms with Crippen LogP contribution in [0.25, 0.3) is 0 Å². The van der Waals surface area contributed by atoms with Crippen molar-refractivity contribution >= 4 is 40.4 Å². The molecule has 8 nitrogen and oxygen atoms in total. The van der Waals surface area contributed by atoms with Crippen LogP contribution in [0.2, 0.25) is 5.02 Å². The highest BCUT2D eigenvalue weighted by Crippen LogP contribution is 2.34. The van der Waals surface area contributed by atoms with Crippen molar-refractivity contribution in [1.29, 1.82) is 0 Å². The van der Waals surface area contributed by atoms with Crippen LogP contribution in [0.1, 0.15) is 5.56 Å². The van der Waals surface area contributed by atoms with Crippen LogP contribution in [-0.2, 0) is 0 Å². The van der Waals surface area contributed by atoms with Gasteiger partial charge in [0.05, 0.1) is 15.6 Å². The lowest BCUT2D eigenvalue weighted by Crippen LogP contribution is -2.06. The first kappa shape index (κ1) is 16.6. The number of hydrogen-bond donors (Lipinski definition) is 2. The average Bonchev–Trinajstić information content (AvgIpc) is 2.57. The van der Waals surface area contributed by atoms with Crippen LogP contribution in [0.5, 0.6) is 0 Å². The van der Waals surface area contributed by atoms with E-state index in [9.17, 15) is 10.1 Å². The number of nitro groups is 1. The van der Waals surface area contributed by atoms with Crippen LogP contribution in [0.3, 0.4) is 0 Å². The highest BCUT2D eigenvalue weighted by Gasteiger charge is 2.24. The Kier molecular flexibility index (Phi) is 4.71. The summed E-state index contributed by atoms with van der Waals surface area (Å²) in [6, 6.07) is 10.5. The molecule has 2 aromatic heterocycles. The minimum absolute atomic E-state index is 0.0308. The minimum Gasteiger partial charge on any atom is -0.333 e. The van der Waals surface area contributed by atoms with E-state index in [2.05, 4.69) is 25.6 Å². The van der Waals surface area contributed by atoms with Gasteiger partial charge >= 0.3 is 5.69 Å². The highest BCUT2D eigenvalue weighted by atomic mass is 35.5. The summed E-state index contributed by atoms with van der Waals surface area (Å²) in [5, 5.41) is 17.7. The molecule has 0 saturated heterocycles. The molecule has 0 aliphatic rings. The van der Waals surface area contributed by atoms with Crippen LogP contribution in [-0.4, -0.2) is 19.9 Å². The first-order valence-corrected chi connectivity index (χ1v) is 7.63. The van der Waals surface area contributed by atoms with Gasteiger partial charge in [-0.3, -0.25) is 10.1 Å². The van der Waals surface area contributed by atoms with Crippen LogP contribution in [0.4, 0.5) is 28.8 Å². The third-order valence-corrected chi connectivity index (χ3v) is 3.62. The molecule has 0 fully saturated rings. The molecule has 2 heterocycles. The third kappa shape index (κ3) is 3.81. The normalized spacial score (nSPS) is 10.3. The standard InChI is InChI=1S/C16H13ClN6O2/c1-10-6-7-18-13(8-10)22-16-14(23(24)25)15(19-9-20-16)21-12-5-3-2-4-11(12)17/h2-9H,1H3,(H2,18,19,20,21,22). The van der Waals surface area contributed by atoms with E-state index >= 15 is 0 Å². The number of benzene rings is 1. The average molecular weight is 357 g/mol. The maximum Gasteiger partial charge on any atom is 0.353 e. The van der Waals surface area contributed by atoms with Gasteiger partial charge in [-0.25, -0.2) is 15.0 Å². The third-order valence-electron chi connectivity index (χ3n) is 3.29. The van der Waals surface area contributed by atoms with Gasteiger partial charge in [-0.2, -0.15) is 0 Å². The van der Waals surface area contributed by atoms with E-state index in [-0.39, 0.29) is 17.3 Å². The Labute approximate surface area is 148 Å². The molecular weight excluding hydrogens is 344 g/mol. The minimum atomic E-state index is -0.558. The second-order valence-corrected chi connectivity index (χ2v) is 5.53. The molecule has 0 aliphatic heterocycles. The Morgan fingerprint density at radius 1 is 1.08 bits per heavy atom. The molecule has 0 amide bonds. The van der Waals surface area contributed by atoms with E-state index in [0.29, 0.717) is 16.5 Å². The monoisotopic (exact) mass is 356 g/mol. The quantitative estimate of drug-likeness (QED) is 0.520. The molecule has 0 saturated carbocycles. The number of pyridine rings is 1. The number of rotatable bonds is 5. The molecule has 126 valence electrons. The Balaban J connectivity index is 2.00. The van der Waals surface area contributed by atoms with Gasteiger partial charge in [-0.05, 0) is 36.8 Å². The van der Waals surface area contributed by atoms with E-state index < -0.39 is 4.92 Å². The highest BCUT2D eigenvalue weighted by molar-refractivity contribution is 6.33. The van der Waals surface area contributed by atoms with Gasteiger partial charge < -0.3 is 10.6 Å². The molecule has 3 aromatic rings. The number of anilines is 4. The van der Waals surface area contributed by atoms with Crippen molar-refractivity contribution in [2.45, 2.75) is 6.92 Å². The smallest absolute Gasteiger partial charge is 0.333 e. The fourth-order valence-corrected chi connectivity index (χ4v) is 2.33. The molecular formula is C16H13ClN6O2. The second kappa shape index (κ2) is 7.10. The zero-order chi connectivity index (χ0) is 17.8. The summed E-state index contributed by atoms with van der Waals surface area (Å²) in [4.78, 5) is 23.1. The molecule has 0 atom stereocenters. The van der Waals surface area contributed by atoms with Crippen LogP contribution < -0.4 is 10.6 Å². The molecule has 0 spiro atoms. The molecule has 0 radical (unpaired) electrons. The van der Waals surface area contributed by atoms with Crippen LogP contribution >= 0.6 is 11.6 Å². The van der Waals surface area contributed by atoms with E-state index in [1.54, 1.807) is 36.5 Å². The van der Waals surface area contributed by atoms with Crippen molar-refractivity contribution < 1.29 is 4.92 Å². The number of hydrogen-bond acceptors (Lipinski definition) is 7. The lowest BCUT2D eigenvalue weighted by Gasteiger charge is -2.10. The summed E-state index contributed by atoms with van der Waals surface area (Å²) >= 11 is 6.09. The molecule has 2 N–H and O–H groups in total. The van der Waals surface area contributed by atoms with Crippen LogP contribution in [0.15, 0.2) is 48.9 Å². The first-order valence-electron chi connectivity index (χ1n) is 7.25. The lowest BCUT2D eigenvalue weighted by atomic mass is 10.3. The summed E-state index contributed by atoms with van der Waals surface area (Å²) in [5.41, 5.74) is 1.17. The summed E-state index contributed by atoms with van der Waals surface area (Å²) in [5.74, 6) is 0.515. The van der Waals surface area contributed by atoms with Gasteiger partial charge in [0.25, 0.3) is 0 Å². The van der Waals surface area contributed by atoms with Crippen LogP contribution in [0, 0.1) is 17.0 Å². The van der Waals surface area contributed by atoms with Crippen molar-refractivity contribution in [3.63, 3.8) is 0 Å². The largest absolute Gasteiger partial charge is 0.353 e. The van der Waals surface area contributed by atoms with E-state index in [1.807, 2.05) is 13.0 Å². The molecule has 3 rings (SSSR count). The predicted molar refractivity (Wildman–Crippen MR) is 95.7 cm³/mol. The maximum absolute atomic E-state index is 11.6. The molecule has 25 heavy (non-hydrogen) atoms. The topological polar surface area (TPSA) is 106 Å². The number of nitrogens with zero attached hydrogens (tertiary/aromatic N) is 4. The van der Waals surface area contributed by atoms with Gasteiger partial charge in [0.1, 0.15) is 12.1 Å². The molecule has 9 heteroatoms. The summed E-state index contributed by atoms with van der Waals surface area (Å²) in [6.07, 6.45) is 2.83. The van der Waals surface area contributed by atoms with E-state index in [4.69, 9.17) is 11.6 Å². The van der Waals surface area contributed by atoms with Crippen molar-refractivity contribution in [3.8, 4) is 0 Å². The molecule has 0 bridgehead atoms. The SMILES string of the molecule is Cc1ccnc(Nc2ncnc(Nc3ccccc3Cl)c2[N+](=O)[O-])c1. The number of para-hydroxylation sites is 1. The van der Waals surface area contributed by atoms with Crippen molar-refractivity contribution in [2.24, 2.45) is 0 Å². The summed E-state index contributed by atoms with van der Waals surface area (Å²) in [7, 11) is 0. The Hall–Kier alpha value is -3.26. The Morgan fingerprint density at radius 3 is 2.48 bits per heavy atom. The van der Waals surface area contributed by atoms with Crippen molar-refractivity contribution in [2.75, 3.05) is 10.6 Å². The summed E-state index contributed by atoms with van der Waals surface area (Å²) < 4.78 is 0.